The van der Waals surface area contributed by atoms with Crippen molar-refractivity contribution >= 4 is 21.9 Å². The number of likely N-dealkylation sites (tertiary alicyclic amines) is 1. The molecule has 0 saturated carbocycles. The first-order valence-corrected chi connectivity index (χ1v) is 7.59. The van der Waals surface area contributed by atoms with Crippen LogP contribution in [-0.4, -0.2) is 28.1 Å². The largest absolute Gasteiger partial charge is 0.478 e. The summed E-state index contributed by atoms with van der Waals surface area (Å²) in [7, 11) is 0. The van der Waals surface area contributed by atoms with E-state index < -0.39 is 5.97 Å². The predicted molar refractivity (Wildman–Crippen MR) is 79.4 cm³/mol. The van der Waals surface area contributed by atoms with Gasteiger partial charge in [-0.2, -0.15) is 0 Å². The van der Waals surface area contributed by atoms with Gasteiger partial charge in [-0.05, 0) is 43.9 Å². The fourth-order valence-electron chi connectivity index (χ4n) is 2.85. The maximum Gasteiger partial charge on any atom is 0.335 e. The van der Waals surface area contributed by atoms with E-state index in [1.54, 1.807) is 12.1 Å². The van der Waals surface area contributed by atoms with Crippen molar-refractivity contribution in [3.8, 4) is 0 Å². The maximum absolute atomic E-state index is 10.9. The molecular formula is C15H20BrNO2. The molecule has 1 N–H and O–H groups in total. The van der Waals surface area contributed by atoms with Gasteiger partial charge in [0.15, 0.2) is 0 Å². The smallest absolute Gasteiger partial charge is 0.335 e. The summed E-state index contributed by atoms with van der Waals surface area (Å²) in [5.41, 5.74) is 1.49. The average Bonchev–Trinajstić information content (AvgIpc) is 2.72. The Morgan fingerprint density at radius 3 is 2.79 bits per heavy atom. The molecule has 0 bridgehead atoms. The molecule has 3 nitrogen and oxygen atoms in total. The summed E-state index contributed by atoms with van der Waals surface area (Å²) in [6.07, 6.45) is 3.70. The van der Waals surface area contributed by atoms with E-state index in [0.29, 0.717) is 17.6 Å². The number of hydrogen-bond donors (Lipinski definition) is 1. The summed E-state index contributed by atoms with van der Waals surface area (Å²) in [5.74, 6) is -0.881. The average molecular weight is 326 g/mol. The topological polar surface area (TPSA) is 40.5 Å². The van der Waals surface area contributed by atoms with E-state index >= 15 is 0 Å². The number of rotatable bonds is 4. The molecule has 1 aliphatic rings. The van der Waals surface area contributed by atoms with Crippen LogP contribution in [0.1, 0.15) is 49.0 Å². The highest BCUT2D eigenvalue weighted by Gasteiger charge is 2.29. The highest BCUT2D eigenvalue weighted by atomic mass is 79.9. The summed E-state index contributed by atoms with van der Waals surface area (Å²) in [6, 6.07) is 6.56. The first-order chi connectivity index (χ1) is 9.02. The second kappa shape index (κ2) is 6.06. The summed E-state index contributed by atoms with van der Waals surface area (Å²) < 4.78 is 0.890. The lowest BCUT2D eigenvalue weighted by Crippen LogP contribution is -2.33. The second-order valence-electron chi connectivity index (χ2n) is 5.27. The number of carbonyl (C=O) groups is 1. The first kappa shape index (κ1) is 14.5. The maximum atomic E-state index is 10.9. The van der Waals surface area contributed by atoms with Crippen LogP contribution in [0, 0.1) is 0 Å². The predicted octanol–water partition coefficient (Wildman–Crippen LogP) is 3.91. The van der Waals surface area contributed by atoms with Gasteiger partial charge in [-0.15, -0.1) is 0 Å². The Labute approximate surface area is 122 Å². The third-order valence-electron chi connectivity index (χ3n) is 4.08. The van der Waals surface area contributed by atoms with E-state index in [9.17, 15) is 4.79 Å². The number of benzene rings is 1. The molecule has 1 aliphatic heterocycles. The van der Waals surface area contributed by atoms with E-state index in [1.165, 1.54) is 19.3 Å². The molecule has 2 rings (SSSR count). The monoisotopic (exact) mass is 325 g/mol. The van der Waals surface area contributed by atoms with Crippen LogP contribution in [0.25, 0.3) is 0 Å². The minimum atomic E-state index is -0.881. The van der Waals surface area contributed by atoms with Crippen LogP contribution in [-0.2, 0) is 6.54 Å². The van der Waals surface area contributed by atoms with Crippen molar-refractivity contribution in [2.45, 2.75) is 51.7 Å². The van der Waals surface area contributed by atoms with Gasteiger partial charge in [-0.3, -0.25) is 4.90 Å². The molecule has 0 aliphatic carbocycles. The van der Waals surface area contributed by atoms with Crippen LogP contribution in [0.3, 0.4) is 0 Å². The van der Waals surface area contributed by atoms with Gasteiger partial charge in [0.2, 0.25) is 0 Å². The van der Waals surface area contributed by atoms with Gasteiger partial charge < -0.3 is 5.11 Å². The first-order valence-electron chi connectivity index (χ1n) is 6.80. The molecule has 0 spiro atoms. The lowest BCUT2D eigenvalue weighted by molar-refractivity contribution is 0.0696. The van der Waals surface area contributed by atoms with Gasteiger partial charge in [-0.25, -0.2) is 4.79 Å². The number of hydrogen-bond acceptors (Lipinski definition) is 2. The lowest BCUT2D eigenvalue weighted by atomic mass is 10.1. The van der Waals surface area contributed by atoms with E-state index in [1.807, 2.05) is 6.07 Å². The van der Waals surface area contributed by atoms with Gasteiger partial charge in [0, 0.05) is 23.1 Å². The van der Waals surface area contributed by atoms with E-state index in [2.05, 4.69) is 34.7 Å². The molecule has 0 radical (unpaired) electrons. The van der Waals surface area contributed by atoms with Gasteiger partial charge in [0.1, 0.15) is 0 Å². The number of aromatic carboxylic acids is 1. The molecule has 1 saturated heterocycles. The minimum absolute atomic E-state index is 0.331. The van der Waals surface area contributed by atoms with Crippen LogP contribution in [0.5, 0.6) is 0 Å². The third kappa shape index (κ3) is 3.18. The van der Waals surface area contributed by atoms with Crippen molar-refractivity contribution in [1.82, 2.24) is 4.90 Å². The van der Waals surface area contributed by atoms with Crippen molar-refractivity contribution in [3.05, 3.63) is 33.8 Å². The van der Waals surface area contributed by atoms with Gasteiger partial charge in [0.25, 0.3) is 0 Å². The molecule has 19 heavy (non-hydrogen) atoms. The fourth-order valence-corrected chi connectivity index (χ4v) is 3.36. The fraction of sp³-hybridized carbons (Fsp3) is 0.533. The van der Waals surface area contributed by atoms with E-state index in [-0.39, 0.29) is 0 Å². The molecule has 1 fully saturated rings. The number of halogens is 1. The summed E-state index contributed by atoms with van der Waals surface area (Å²) in [4.78, 5) is 13.5. The molecule has 104 valence electrons. The highest BCUT2D eigenvalue weighted by molar-refractivity contribution is 9.10. The van der Waals surface area contributed by atoms with Crippen molar-refractivity contribution in [2.24, 2.45) is 0 Å². The van der Waals surface area contributed by atoms with Crippen molar-refractivity contribution in [1.29, 1.82) is 0 Å². The Balaban J connectivity index is 2.17. The number of carboxylic acids is 1. The van der Waals surface area contributed by atoms with E-state index in [0.717, 1.165) is 16.6 Å². The molecule has 4 heteroatoms. The van der Waals surface area contributed by atoms with Crippen LogP contribution >= 0.6 is 15.9 Å². The van der Waals surface area contributed by atoms with Crippen LogP contribution < -0.4 is 0 Å². The molecule has 2 atom stereocenters. The van der Waals surface area contributed by atoms with Crippen LogP contribution in [0.15, 0.2) is 22.7 Å². The minimum Gasteiger partial charge on any atom is -0.478 e. The number of nitrogens with zero attached hydrogens (tertiary/aromatic N) is 1. The standard InChI is InChI=1S/C15H20BrNO2/c1-3-13-7-4-10(2)17(13)9-12-6-5-11(15(18)19)8-14(12)16/h5-6,8,10,13H,3-4,7,9H2,1-2H3,(H,18,19). The normalized spacial score (nSPS) is 23.7. The van der Waals surface area contributed by atoms with Gasteiger partial charge in [-0.1, -0.05) is 28.9 Å². The lowest BCUT2D eigenvalue weighted by Gasteiger charge is -2.28. The molecule has 1 heterocycles. The second-order valence-corrected chi connectivity index (χ2v) is 6.13. The van der Waals surface area contributed by atoms with Crippen molar-refractivity contribution in [2.75, 3.05) is 0 Å². The molecule has 1 aromatic rings. The Morgan fingerprint density at radius 2 is 2.21 bits per heavy atom. The van der Waals surface area contributed by atoms with E-state index in [4.69, 9.17) is 5.11 Å². The third-order valence-corrected chi connectivity index (χ3v) is 4.82. The summed E-state index contributed by atoms with van der Waals surface area (Å²) in [6.45, 7) is 5.40. The number of carboxylic acid groups (broad SMARTS) is 1. The van der Waals surface area contributed by atoms with Crippen molar-refractivity contribution in [3.63, 3.8) is 0 Å². The Bertz CT molecular complexity index is 475. The Kier molecular flexibility index (Phi) is 4.63. The molecule has 0 amide bonds. The molecule has 0 aromatic heterocycles. The molecule has 1 aromatic carbocycles. The summed E-state index contributed by atoms with van der Waals surface area (Å²) in [5, 5.41) is 8.98. The van der Waals surface area contributed by atoms with Crippen LogP contribution in [0.2, 0.25) is 0 Å². The zero-order chi connectivity index (χ0) is 14.0. The quantitative estimate of drug-likeness (QED) is 0.912. The van der Waals surface area contributed by atoms with Crippen molar-refractivity contribution < 1.29 is 9.90 Å². The Hall–Kier alpha value is -0.870. The zero-order valence-corrected chi connectivity index (χ0v) is 13.0. The Morgan fingerprint density at radius 1 is 1.47 bits per heavy atom. The summed E-state index contributed by atoms with van der Waals surface area (Å²) >= 11 is 3.49. The molecular weight excluding hydrogens is 306 g/mol. The van der Waals surface area contributed by atoms with Gasteiger partial charge in [0.05, 0.1) is 5.56 Å². The van der Waals surface area contributed by atoms with Crippen LogP contribution in [0.4, 0.5) is 0 Å². The van der Waals surface area contributed by atoms with Gasteiger partial charge >= 0.3 is 5.97 Å². The SMILES string of the molecule is CCC1CCC(C)N1Cc1ccc(C(=O)O)cc1Br. The zero-order valence-electron chi connectivity index (χ0n) is 11.4. The highest BCUT2D eigenvalue weighted by Crippen LogP contribution is 2.30. The molecule has 2 unspecified atom stereocenters.